The van der Waals surface area contributed by atoms with Crippen LogP contribution in [0.5, 0.6) is 69.0 Å². The molecule has 1 aromatic heterocycles. The number of fused-ring (bicyclic) bond motifs is 7. The average molecular weight is 2440 g/mol. The molecular weight excluding hydrogens is 2320 g/mol. The van der Waals surface area contributed by atoms with Gasteiger partial charge in [0.05, 0.1) is 135 Å². The summed E-state index contributed by atoms with van der Waals surface area (Å²) in [6.07, 6.45) is 10.4. The number of phenolic OH excluding ortho intramolecular Hbond substituents is 3. The van der Waals surface area contributed by atoms with Crippen LogP contribution in [0, 0.1) is 0 Å². The monoisotopic (exact) mass is 2440 g/mol. The van der Waals surface area contributed by atoms with Crippen molar-refractivity contribution in [1.82, 2.24) is 10.2 Å². The van der Waals surface area contributed by atoms with Crippen molar-refractivity contribution in [2.75, 3.05) is 168 Å². The van der Waals surface area contributed by atoms with E-state index in [1.54, 1.807) is 12.1 Å². The number of alkyl halides is 2. The van der Waals surface area contributed by atoms with E-state index in [0.29, 0.717) is 212 Å². The summed E-state index contributed by atoms with van der Waals surface area (Å²) in [6, 6.07) is 33.5. The number of aromatic nitrogens is 2. The van der Waals surface area contributed by atoms with Crippen LogP contribution in [-0.4, -0.2) is 227 Å². The van der Waals surface area contributed by atoms with Crippen molar-refractivity contribution in [3.8, 4) is 80.3 Å². The van der Waals surface area contributed by atoms with Crippen LogP contribution in [-0.2, 0) is 86.3 Å². The van der Waals surface area contributed by atoms with Crippen LogP contribution < -0.4 is 299 Å². The summed E-state index contributed by atoms with van der Waals surface area (Å²) in [5.74, 6) is 7.95. The fraction of sp³-hybridized carbons (Fsp3) is 0.469. The number of isothiocyanates is 1. The normalized spacial score (nSPS) is 11.2. The van der Waals surface area contributed by atoms with E-state index in [4.69, 9.17) is 135 Å². The van der Waals surface area contributed by atoms with Crippen LogP contribution in [0.1, 0.15) is 166 Å². The summed E-state index contributed by atoms with van der Waals surface area (Å²) in [6.45, 7) is 26.0. The molecule has 0 saturated heterocycles. The van der Waals surface area contributed by atoms with Gasteiger partial charge >= 0.3 is 238 Å². The van der Waals surface area contributed by atoms with Crippen molar-refractivity contribution in [1.29, 1.82) is 0 Å². The fourth-order valence-corrected chi connectivity index (χ4v) is 13.7. The molecule has 776 valence electrons. The fourth-order valence-electron chi connectivity index (χ4n) is 13.5. The molecule has 38 nitrogen and oxygen atoms in total. The number of anilines is 2. The Labute approximate surface area is 1090 Å². The molecule has 146 heavy (non-hydrogen) atoms. The molecule has 0 bridgehead atoms. The number of nitrogens with one attached hydrogen (secondary N) is 2. The van der Waals surface area contributed by atoms with Gasteiger partial charge in [0.25, 0.3) is 12.9 Å². The smallest absolute Gasteiger partial charge is 1.00 e. The van der Waals surface area contributed by atoms with Gasteiger partial charge in [-0.25, -0.2) is 0 Å². The van der Waals surface area contributed by atoms with Crippen molar-refractivity contribution in [3.05, 3.63) is 191 Å². The summed E-state index contributed by atoms with van der Waals surface area (Å²) < 4.78 is 83.8. The average Bonchev–Trinajstić information content (AvgIpc) is 1.60. The SMILES string of the molecule is BrB(Br)Br.CCBr.CCOc1cc2c(cc1O)C(=O)CC2.CCOc1cc2c(cc1OCCCOCCOCCCl)CCC2.CCOc1cc2c(cc1OCCCOCCOCCN=[N+]=[N-])C(=O)CC2.CCOc1cccc(N=C=S)c1.CCOc1cccc(Nc2n[nH]c3c2Cc2cc(OCC)c(OCCCOCCOCCN)cc2-3)c1.O=C1CCc2cc(O)c(O)cc21.O=CO[O-].O=CO[O-].[H-].[H-].[K+].[K+].[K+].[K+].[N-]=[N+]=[N-].[Na+]. The third-order valence-electron chi connectivity index (χ3n) is 19.2. The Balaban J connectivity index is -0.000000547. The number of nitrogens with two attached hydrogens (primary N) is 1. The number of halogens is 5. The van der Waals surface area contributed by atoms with Crippen molar-refractivity contribution in [2.24, 2.45) is 15.8 Å². The van der Waals surface area contributed by atoms with Gasteiger partial charge in [0.2, 0.25) is 0 Å². The molecule has 7 N–H and O–H groups in total. The number of aromatic hydroxyl groups is 3. The Morgan fingerprint density at radius 1 is 0.500 bits per heavy atom. The van der Waals surface area contributed by atoms with E-state index in [1.165, 1.54) is 46.2 Å². The Morgan fingerprint density at radius 2 is 0.870 bits per heavy atom. The van der Waals surface area contributed by atoms with E-state index in [-0.39, 0.29) is 289 Å². The molecule has 0 unspecified atom stereocenters. The number of azide groups is 1. The summed E-state index contributed by atoms with van der Waals surface area (Å²) >= 11 is 22.5. The van der Waals surface area contributed by atoms with Crippen molar-refractivity contribution in [3.63, 3.8) is 0 Å². The number of hydrogen-bond acceptors (Lipinski definition) is 33. The number of aryl methyl sites for hydroxylation is 5. The number of hydrogen-bond donors (Lipinski definition) is 6. The topological polar surface area (TPSA) is 536 Å². The number of rotatable bonds is 48. The Morgan fingerprint density at radius 3 is 1.31 bits per heavy atom. The van der Waals surface area contributed by atoms with E-state index in [9.17, 15) is 19.5 Å². The molecule has 0 amide bonds. The molecule has 0 fully saturated rings. The maximum absolute atomic E-state index is 11.9. The van der Waals surface area contributed by atoms with Crippen LogP contribution in [0.25, 0.3) is 37.7 Å². The maximum Gasteiger partial charge on any atom is 1.00 e. The molecule has 0 aliphatic heterocycles. The number of ketones is 3. The second-order valence-electron chi connectivity index (χ2n) is 28.8. The van der Waals surface area contributed by atoms with Gasteiger partial charge in [-0.05, 0) is 216 Å². The molecular formula is C96H126BBr4ClK4N11NaO27S. The number of aromatic amines is 1. The minimum absolute atomic E-state index is 0. The number of Topliss-reactive ketones (excluding diaryl/α,β-unsaturated/α-hetero) is 3. The number of ether oxygens (including phenoxy) is 15. The number of nitrogens with zero attached hydrogens (tertiary/aromatic N) is 8. The zero-order chi connectivity index (χ0) is 104. The third-order valence-corrected chi connectivity index (χ3v) is 19.5. The number of carbonyl (C=O) groups excluding carboxylic acids is 5. The zero-order valence-corrected chi connectivity index (χ0v) is 107. The van der Waals surface area contributed by atoms with Gasteiger partial charge < -0.3 is 132 Å². The van der Waals surface area contributed by atoms with E-state index >= 15 is 0 Å². The Kier molecular flexibility index (Phi) is 95.0. The summed E-state index contributed by atoms with van der Waals surface area (Å²) in [7, 11) is 0. The van der Waals surface area contributed by atoms with Gasteiger partial charge in [-0.2, -0.15) is 10.1 Å². The molecule has 7 aromatic carbocycles. The van der Waals surface area contributed by atoms with Crippen molar-refractivity contribution < 1.29 is 369 Å². The molecule has 1 heterocycles. The van der Waals surface area contributed by atoms with Gasteiger partial charge in [0.1, 0.15) is 11.5 Å². The molecule has 50 heteroatoms. The van der Waals surface area contributed by atoms with E-state index < -0.39 is 0 Å². The Hall–Kier alpha value is -3.02. The third kappa shape index (κ3) is 60.9. The molecule has 13 rings (SSSR count). The second kappa shape index (κ2) is 94.3. The van der Waals surface area contributed by atoms with Crippen LogP contribution in [0.2, 0.25) is 0 Å². The summed E-state index contributed by atoms with van der Waals surface area (Å²) in [5.41, 5.74) is 40.7. The number of aliphatic imine (C=N–C) groups is 1. The van der Waals surface area contributed by atoms with E-state index in [2.05, 4.69) is 139 Å². The number of H-pyrrole nitrogens is 1. The van der Waals surface area contributed by atoms with Crippen LogP contribution in [0.4, 0.5) is 17.2 Å². The number of carbonyl (C=O) groups is 5. The second-order valence-corrected chi connectivity index (χ2v) is 36.9. The first-order valence-corrected chi connectivity index (χ1v) is 50.2. The van der Waals surface area contributed by atoms with Crippen LogP contribution in [0.3, 0.4) is 0 Å². The van der Waals surface area contributed by atoms with Crippen molar-refractivity contribution >= 4 is 143 Å². The largest absolute Gasteiger partial charge is 1.00 e. The molecule has 8 aromatic rings. The van der Waals surface area contributed by atoms with Gasteiger partial charge in [0, 0.05) is 140 Å². The molecule has 0 saturated carbocycles. The zero-order valence-electron chi connectivity index (χ0n) is 87.1. The van der Waals surface area contributed by atoms with Crippen LogP contribution in [0.15, 0.2) is 119 Å². The molecule has 5 aliphatic carbocycles. The first-order chi connectivity index (χ1) is 68.5. The number of thiocarbonyl (C=S) groups is 1. The summed E-state index contributed by atoms with van der Waals surface area (Å²) in [4.78, 5) is 64.8. The standard InChI is InChI=1S/C27H36N4O5.C18H27ClO4.C18H25N3O5.C11H12O3.C9H9NOS.C9H8O3.C2H5Br.2CH2O3.BBr3.4K.N3.Na.2H/c1-3-34-21-8-5-7-20(17-21)29-27-23-15-19-16-24(35-4-2)25(18-22(19)26(23)30-31-27)36-11-6-10-32-13-14-33-12-9-28;1-2-22-17-13-15-5-3-6-16(15)14-18(17)23-9-4-8-20-11-12-21-10-7-19;1-2-25-17-12-14-4-5-16(22)15(14)13-18(17)26-8-3-7-23-10-11-24-9-6-20-21-19;1-2-14-11-5-7-3-4-9(12)8(7)6-10(11)13;1-2-11-9-5-3-4-8(6-9)10-7-12;10-7-2-1-5-3-8(11)9(12)4-6(5)7;1-2-3;2*2-1-4-3;2-1(3)4;;;;;1-3-2;;;/h5,7-8,16-18H,3-4,6,9-15,28H2,1-2H3,(H2,29,30,31);13-14H,2-12H2,1H3;12-13H,2-11H2,1H3;5-6,13H,2-4H2,1H3;3-6H,2H2,1H3;3-4,11-12H,1-2H2;2H2,1H3;2*1,3H;;;;;;;;;/q;;;;;;;;;;4*+1;-1;+1;2*-1/p-2. The minimum atomic E-state index is -0.219. The predicted octanol–water partition coefficient (Wildman–Crippen LogP) is 3.73. The van der Waals surface area contributed by atoms with Gasteiger partial charge in [-0.1, -0.05) is 40.1 Å². The molecule has 0 atom stereocenters. The van der Waals surface area contributed by atoms with Gasteiger partial charge in [0.15, 0.2) is 80.7 Å². The minimum Gasteiger partial charge on any atom is -1.00 e. The van der Waals surface area contributed by atoms with Gasteiger partial charge in [-0.15, -0.1) is 58.9 Å². The van der Waals surface area contributed by atoms with Gasteiger partial charge in [-0.3, -0.25) is 34.0 Å². The first-order valence-electron chi connectivity index (χ1n) is 45.4. The molecule has 5 aliphatic rings. The molecule has 0 radical (unpaired) electrons. The van der Waals surface area contributed by atoms with Crippen molar-refractivity contribution in [2.45, 2.75) is 132 Å². The maximum atomic E-state index is 11.9. The number of benzene rings is 7. The Bertz CT molecular complexity index is 5160. The quantitative estimate of drug-likeness (QED) is 0.00257. The summed E-state index contributed by atoms with van der Waals surface area (Å²) in [5, 5.41) is 62.5. The van der Waals surface area contributed by atoms with Crippen LogP contribution >= 0.6 is 87.0 Å². The number of phenols is 3. The van der Waals surface area contributed by atoms with E-state index in [0.717, 1.165) is 147 Å². The molecule has 0 spiro atoms. The van der Waals surface area contributed by atoms with E-state index in [1.807, 2.05) is 109 Å². The predicted molar refractivity (Wildman–Crippen MR) is 553 cm³/mol. The first kappa shape index (κ1) is 147.